The third-order valence-electron chi connectivity index (χ3n) is 4.77. The molecule has 0 bridgehead atoms. The van der Waals surface area contributed by atoms with Crippen molar-refractivity contribution in [3.05, 3.63) is 47.8 Å². The second-order valence-electron chi connectivity index (χ2n) is 7.49. The number of aromatic nitrogens is 5. The highest BCUT2D eigenvalue weighted by Gasteiger charge is 2.20. The lowest BCUT2D eigenvalue weighted by molar-refractivity contribution is 0.432. The van der Waals surface area contributed by atoms with E-state index in [0.29, 0.717) is 18.3 Å². The van der Waals surface area contributed by atoms with Crippen molar-refractivity contribution < 1.29 is 4.52 Å². The third kappa shape index (κ3) is 3.18. The standard InChI is InChI=1S/C21H24N6O/c1-12(2)18-9-16(17-11-23-27(13(3)4)20(17)24-18)21-25-19(26-28-21)15-7-5-14(10-22)6-8-15/h5-9,11-13H,10,22H2,1-4H3. The fraction of sp³-hybridized carbons (Fsp3) is 0.333. The SMILES string of the molecule is CC(C)c1cc(-c2nc(-c3ccc(CN)cc3)no2)c2cnn(C(C)C)c2n1. The van der Waals surface area contributed by atoms with Crippen LogP contribution in [-0.2, 0) is 6.54 Å². The molecule has 4 rings (SSSR count). The first-order valence-corrected chi connectivity index (χ1v) is 9.49. The zero-order valence-corrected chi connectivity index (χ0v) is 16.5. The summed E-state index contributed by atoms with van der Waals surface area (Å²) < 4.78 is 7.55. The molecule has 0 atom stereocenters. The predicted octanol–water partition coefficient (Wildman–Crippen LogP) is 4.31. The maximum atomic E-state index is 5.67. The molecule has 0 aliphatic heterocycles. The van der Waals surface area contributed by atoms with E-state index in [4.69, 9.17) is 15.2 Å². The second kappa shape index (κ2) is 7.16. The quantitative estimate of drug-likeness (QED) is 0.557. The van der Waals surface area contributed by atoms with Crippen LogP contribution in [-0.4, -0.2) is 24.9 Å². The second-order valence-corrected chi connectivity index (χ2v) is 7.49. The summed E-state index contributed by atoms with van der Waals surface area (Å²) in [5.74, 6) is 1.28. The lowest BCUT2D eigenvalue weighted by atomic mass is 10.1. The highest BCUT2D eigenvalue weighted by molar-refractivity contribution is 5.90. The molecular weight excluding hydrogens is 352 g/mol. The van der Waals surface area contributed by atoms with Crippen LogP contribution in [0, 0.1) is 0 Å². The van der Waals surface area contributed by atoms with Crippen LogP contribution in [0.2, 0.25) is 0 Å². The first-order chi connectivity index (χ1) is 13.5. The summed E-state index contributed by atoms with van der Waals surface area (Å²) in [6, 6.07) is 10.1. The molecule has 2 N–H and O–H groups in total. The number of rotatable bonds is 5. The van der Waals surface area contributed by atoms with E-state index < -0.39 is 0 Å². The molecule has 7 nitrogen and oxygen atoms in total. The lowest BCUT2D eigenvalue weighted by Gasteiger charge is -2.10. The summed E-state index contributed by atoms with van der Waals surface area (Å²) in [6.07, 6.45) is 1.82. The summed E-state index contributed by atoms with van der Waals surface area (Å²) in [5.41, 5.74) is 10.3. The van der Waals surface area contributed by atoms with Gasteiger partial charge in [-0.3, -0.25) is 0 Å². The molecular formula is C21H24N6O. The Bertz CT molecular complexity index is 1110. The monoisotopic (exact) mass is 376 g/mol. The van der Waals surface area contributed by atoms with Gasteiger partial charge in [0.15, 0.2) is 5.65 Å². The lowest BCUT2D eigenvalue weighted by Crippen LogP contribution is -2.05. The van der Waals surface area contributed by atoms with Gasteiger partial charge < -0.3 is 10.3 Å². The molecule has 1 aromatic carbocycles. The van der Waals surface area contributed by atoms with Crippen molar-refractivity contribution in [3.8, 4) is 22.8 Å². The summed E-state index contributed by atoms with van der Waals surface area (Å²) in [6.45, 7) is 8.92. The number of hydrogen-bond acceptors (Lipinski definition) is 6. The third-order valence-corrected chi connectivity index (χ3v) is 4.77. The van der Waals surface area contributed by atoms with Crippen LogP contribution in [0.1, 0.15) is 50.9 Å². The summed E-state index contributed by atoms with van der Waals surface area (Å²) in [7, 11) is 0. The van der Waals surface area contributed by atoms with Gasteiger partial charge in [-0.2, -0.15) is 10.1 Å². The highest BCUT2D eigenvalue weighted by Crippen LogP contribution is 2.32. The number of fused-ring (bicyclic) bond motifs is 1. The number of nitrogens with zero attached hydrogens (tertiary/aromatic N) is 5. The van der Waals surface area contributed by atoms with Gasteiger partial charge in [0.05, 0.1) is 17.1 Å². The van der Waals surface area contributed by atoms with Crippen LogP contribution in [0.15, 0.2) is 41.1 Å². The summed E-state index contributed by atoms with van der Waals surface area (Å²) in [4.78, 5) is 9.46. The molecule has 3 aromatic heterocycles. The normalized spacial score (nSPS) is 11.8. The van der Waals surface area contributed by atoms with Gasteiger partial charge >= 0.3 is 0 Å². The molecule has 4 aromatic rings. The first-order valence-electron chi connectivity index (χ1n) is 9.49. The summed E-state index contributed by atoms with van der Waals surface area (Å²) in [5, 5.41) is 9.60. The Balaban J connectivity index is 1.83. The molecule has 0 aliphatic carbocycles. The molecule has 0 aliphatic rings. The Morgan fingerprint density at radius 3 is 2.46 bits per heavy atom. The van der Waals surface area contributed by atoms with Gasteiger partial charge in [-0.25, -0.2) is 9.67 Å². The Morgan fingerprint density at radius 1 is 1.07 bits per heavy atom. The zero-order valence-electron chi connectivity index (χ0n) is 16.5. The number of hydrogen-bond donors (Lipinski definition) is 1. The van der Waals surface area contributed by atoms with Crippen LogP contribution in [0.5, 0.6) is 0 Å². The van der Waals surface area contributed by atoms with Gasteiger partial charge in [-0.05, 0) is 31.4 Å². The van der Waals surface area contributed by atoms with Crippen LogP contribution < -0.4 is 5.73 Å². The topological polar surface area (TPSA) is 95.6 Å². The molecule has 144 valence electrons. The molecule has 0 saturated carbocycles. The van der Waals surface area contributed by atoms with E-state index >= 15 is 0 Å². The minimum absolute atomic E-state index is 0.208. The van der Waals surface area contributed by atoms with Crippen molar-refractivity contribution in [2.75, 3.05) is 0 Å². The Morgan fingerprint density at radius 2 is 1.82 bits per heavy atom. The molecule has 0 amide bonds. The van der Waals surface area contributed by atoms with Gasteiger partial charge in [0.25, 0.3) is 5.89 Å². The number of benzene rings is 1. The largest absolute Gasteiger partial charge is 0.334 e. The van der Waals surface area contributed by atoms with Crippen molar-refractivity contribution in [1.29, 1.82) is 0 Å². The van der Waals surface area contributed by atoms with E-state index in [-0.39, 0.29) is 12.0 Å². The van der Waals surface area contributed by atoms with Crippen LogP contribution in [0.25, 0.3) is 33.9 Å². The van der Waals surface area contributed by atoms with Gasteiger partial charge in [0.2, 0.25) is 5.82 Å². The highest BCUT2D eigenvalue weighted by atomic mass is 16.5. The van der Waals surface area contributed by atoms with Gasteiger partial charge in [-0.15, -0.1) is 0 Å². The maximum absolute atomic E-state index is 5.67. The molecule has 0 spiro atoms. The average Bonchev–Trinajstić information content (AvgIpc) is 3.34. The molecule has 3 heterocycles. The fourth-order valence-electron chi connectivity index (χ4n) is 3.13. The van der Waals surface area contributed by atoms with Gasteiger partial charge in [-0.1, -0.05) is 43.3 Å². The minimum Gasteiger partial charge on any atom is -0.334 e. The predicted molar refractivity (Wildman–Crippen MR) is 109 cm³/mol. The molecule has 0 saturated heterocycles. The Labute approximate surface area is 163 Å². The van der Waals surface area contributed by atoms with E-state index in [9.17, 15) is 0 Å². The van der Waals surface area contributed by atoms with Crippen LogP contribution in [0.4, 0.5) is 0 Å². The maximum Gasteiger partial charge on any atom is 0.259 e. The van der Waals surface area contributed by atoms with Crippen molar-refractivity contribution in [2.24, 2.45) is 5.73 Å². The zero-order chi connectivity index (χ0) is 19.8. The van der Waals surface area contributed by atoms with E-state index in [2.05, 4.69) is 42.9 Å². The minimum atomic E-state index is 0.208. The van der Waals surface area contributed by atoms with Gasteiger partial charge in [0, 0.05) is 23.8 Å². The number of nitrogens with two attached hydrogens (primary N) is 1. The molecule has 0 fully saturated rings. The van der Waals surface area contributed by atoms with E-state index in [0.717, 1.165) is 33.4 Å². The molecule has 7 heteroatoms. The smallest absolute Gasteiger partial charge is 0.259 e. The molecule has 0 radical (unpaired) electrons. The van der Waals surface area contributed by atoms with E-state index in [1.165, 1.54) is 0 Å². The van der Waals surface area contributed by atoms with Crippen molar-refractivity contribution >= 4 is 11.0 Å². The van der Waals surface area contributed by atoms with Crippen LogP contribution in [0.3, 0.4) is 0 Å². The average molecular weight is 376 g/mol. The number of pyridine rings is 1. The fourth-order valence-corrected chi connectivity index (χ4v) is 3.13. The van der Waals surface area contributed by atoms with E-state index in [1.807, 2.05) is 41.2 Å². The van der Waals surface area contributed by atoms with Crippen molar-refractivity contribution in [1.82, 2.24) is 24.9 Å². The summed E-state index contributed by atoms with van der Waals surface area (Å²) >= 11 is 0. The molecule has 28 heavy (non-hydrogen) atoms. The van der Waals surface area contributed by atoms with Gasteiger partial charge in [0.1, 0.15) is 0 Å². The van der Waals surface area contributed by atoms with Crippen molar-refractivity contribution in [2.45, 2.75) is 46.2 Å². The molecule has 0 unspecified atom stereocenters. The first kappa shape index (κ1) is 18.3. The van der Waals surface area contributed by atoms with Crippen LogP contribution >= 0.6 is 0 Å². The Hall–Kier alpha value is -3.06. The van der Waals surface area contributed by atoms with E-state index in [1.54, 1.807) is 0 Å². The van der Waals surface area contributed by atoms with Crippen molar-refractivity contribution in [3.63, 3.8) is 0 Å². The Kier molecular flexibility index (Phi) is 4.68.